The summed E-state index contributed by atoms with van der Waals surface area (Å²) in [5, 5.41) is 2.46. The quantitative estimate of drug-likeness (QED) is 0.423. The molecule has 32 heavy (non-hydrogen) atoms. The predicted molar refractivity (Wildman–Crippen MR) is 131 cm³/mol. The third kappa shape index (κ3) is 4.28. The van der Waals surface area contributed by atoms with Gasteiger partial charge in [0.25, 0.3) is 0 Å². The molecule has 0 bridgehead atoms. The van der Waals surface area contributed by atoms with Crippen LogP contribution in [-0.2, 0) is 24.3 Å². The van der Waals surface area contributed by atoms with Crippen LogP contribution in [0.3, 0.4) is 0 Å². The molecule has 0 spiro atoms. The van der Waals surface area contributed by atoms with Gasteiger partial charge in [-0.15, -0.1) is 0 Å². The highest BCUT2D eigenvalue weighted by atomic mass is 79.9. The van der Waals surface area contributed by atoms with Gasteiger partial charge in [0.1, 0.15) is 0 Å². The summed E-state index contributed by atoms with van der Waals surface area (Å²) in [5.41, 5.74) is 4.53. The Bertz CT molecular complexity index is 1250. The lowest BCUT2D eigenvalue weighted by Gasteiger charge is -2.32. The molecule has 0 radical (unpaired) electrons. The molecule has 1 atom stereocenters. The molecule has 0 fully saturated rings. The minimum absolute atomic E-state index is 0.0544. The first-order chi connectivity index (χ1) is 15.6. The Morgan fingerprint density at radius 2 is 1.97 bits per heavy atom. The highest BCUT2D eigenvalue weighted by molar-refractivity contribution is 9.10. The first-order valence-electron chi connectivity index (χ1n) is 10.8. The van der Waals surface area contributed by atoms with E-state index < -0.39 is 0 Å². The monoisotopic (exact) mass is 488 g/mol. The number of anilines is 1. The summed E-state index contributed by atoms with van der Waals surface area (Å²) < 4.78 is 1.02. The van der Waals surface area contributed by atoms with E-state index in [1.165, 1.54) is 16.3 Å². The normalized spacial score (nSPS) is 16.1. The molecule has 1 unspecified atom stereocenters. The Hall–Kier alpha value is -3.12. The van der Waals surface area contributed by atoms with Crippen LogP contribution in [-0.4, -0.2) is 33.4 Å². The zero-order valence-corrected chi connectivity index (χ0v) is 19.5. The third-order valence-corrected chi connectivity index (χ3v) is 6.69. The molecule has 4 aromatic rings. The maximum atomic E-state index is 12.8. The first kappa shape index (κ1) is 20.8. The van der Waals surface area contributed by atoms with Crippen LogP contribution in [0.5, 0.6) is 0 Å². The summed E-state index contributed by atoms with van der Waals surface area (Å²) in [6.07, 6.45) is 4.45. The Balaban J connectivity index is 1.51. The number of aromatic nitrogens is 2. The summed E-state index contributed by atoms with van der Waals surface area (Å²) in [7, 11) is 0. The van der Waals surface area contributed by atoms with E-state index in [0.29, 0.717) is 13.1 Å². The number of hydrogen-bond donors (Lipinski definition) is 1. The van der Waals surface area contributed by atoms with Crippen molar-refractivity contribution in [3.8, 4) is 0 Å². The fraction of sp³-hybridized carbons (Fsp3) is 0.231. The van der Waals surface area contributed by atoms with Gasteiger partial charge in [0.05, 0.1) is 24.6 Å². The van der Waals surface area contributed by atoms with E-state index in [0.717, 1.165) is 34.4 Å². The average molecular weight is 489 g/mol. The molecule has 5 nitrogen and oxygen atoms in total. The molecule has 162 valence electrons. The standard InChI is InChI=1S/C26H25BrN4O/c1-18(32)31-14-22-12-23(27)8-9-26(22)30(15-24-13-28-17-29-24)16-25(31)11-19-6-7-20-4-2-3-5-21(20)10-19/h2-10,12-13,17,25H,11,14-16H2,1H3,(H,28,29). The average Bonchev–Trinajstić information content (AvgIpc) is 3.24. The lowest BCUT2D eigenvalue weighted by atomic mass is 10.0. The summed E-state index contributed by atoms with van der Waals surface area (Å²) in [6, 6.07) is 21.4. The van der Waals surface area contributed by atoms with Crippen molar-refractivity contribution in [2.45, 2.75) is 32.5 Å². The summed E-state index contributed by atoms with van der Waals surface area (Å²) in [4.78, 5) is 24.6. The number of nitrogens with one attached hydrogen (secondary N) is 1. The van der Waals surface area contributed by atoms with Crippen molar-refractivity contribution < 1.29 is 4.79 Å². The number of carbonyl (C=O) groups excluding carboxylic acids is 1. The van der Waals surface area contributed by atoms with Crippen molar-refractivity contribution in [2.75, 3.05) is 11.4 Å². The number of benzene rings is 3. The second-order valence-electron chi connectivity index (χ2n) is 8.40. The largest absolute Gasteiger partial charge is 0.363 e. The van der Waals surface area contributed by atoms with E-state index in [4.69, 9.17) is 0 Å². The van der Waals surface area contributed by atoms with Gasteiger partial charge in [-0.05, 0) is 46.5 Å². The van der Waals surface area contributed by atoms with E-state index in [-0.39, 0.29) is 11.9 Å². The Morgan fingerprint density at radius 3 is 2.75 bits per heavy atom. The molecule has 0 saturated carbocycles. The van der Waals surface area contributed by atoms with Crippen molar-refractivity contribution in [3.63, 3.8) is 0 Å². The van der Waals surface area contributed by atoms with Crippen LogP contribution in [0.4, 0.5) is 5.69 Å². The van der Waals surface area contributed by atoms with Crippen LogP contribution in [0, 0.1) is 0 Å². The van der Waals surface area contributed by atoms with Crippen LogP contribution in [0.25, 0.3) is 10.8 Å². The molecule has 2 heterocycles. The van der Waals surface area contributed by atoms with E-state index in [2.05, 4.69) is 91.5 Å². The summed E-state index contributed by atoms with van der Waals surface area (Å²) in [6.45, 7) is 3.71. The van der Waals surface area contributed by atoms with Crippen molar-refractivity contribution in [1.29, 1.82) is 0 Å². The molecule has 1 N–H and O–H groups in total. The zero-order chi connectivity index (χ0) is 22.1. The number of H-pyrrole nitrogens is 1. The molecule has 5 rings (SSSR count). The van der Waals surface area contributed by atoms with Crippen molar-refractivity contribution in [1.82, 2.24) is 14.9 Å². The van der Waals surface area contributed by atoms with E-state index >= 15 is 0 Å². The van der Waals surface area contributed by atoms with Gasteiger partial charge in [0.2, 0.25) is 5.91 Å². The van der Waals surface area contributed by atoms with Gasteiger partial charge in [-0.2, -0.15) is 0 Å². The molecule has 1 aliphatic rings. The van der Waals surface area contributed by atoms with Gasteiger partial charge < -0.3 is 14.8 Å². The van der Waals surface area contributed by atoms with Crippen LogP contribution in [0.15, 0.2) is 77.7 Å². The topological polar surface area (TPSA) is 52.2 Å². The number of fused-ring (bicyclic) bond motifs is 2. The predicted octanol–water partition coefficient (Wildman–Crippen LogP) is 5.31. The van der Waals surface area contributed by atoms with Gasteiger partial charge in [-0.1, -0.05) is 58.4 Å². The number of carbonyl (C=O) groups is 1. The van der Waals surface area contributed by atoms with E-state index in [1.54, 1.807) is 13.3 Å². The number of rotatable bonds is 4. The molecule has 0 saturated heterocycles. The summed E-state index contributed by atoms with van der Waals surface area (Å²) in [5.74, 6) is 0.100. The fourth-order valence-electron chi connectivity index (χ4n) is 4.66. The molecule has 1 aliphatic heterocycles. The second-order valence-corrected chi connectivity index (χ2v) is 9.32. The van der Waals surface area contributed by atoms with Crippen molar-refractivity contribution in [2.24, 2.45) is 0 Å². The van der Waals surface area contributed by atoms with E-state index in [9.17, 15) is 4.79 Å². The van der Waals surface area contributed by atoms with Gasteiger partial charge >= 0.3 is 0 Å². The number of hydrogen-bond acceptors (Lipinski definition) is 3. The smallest absolute Gasteiger partial charge is 0.220 e. The minimum atomic E-state index is 0.0544. The number of amides is 1. The number of aromatic amines is 1. The van der Waals surface area contributed by atoms with Gasteiger partial charge in [-0.3, -0.25) is 4.79 Å². The maximum absolute atomic E-state index is 12.8. The lowest BCUT2D eigenvalue weighted by Crippen LogP contribution is -2.44. The number of halogens is 1. The van der Waals surface area contributed by atoms with Gasteiger partial charge in [-0.25, -0.2) is 4.98 Å². The highest BCUT2D eigenvalue weighted by Crippen LogP contribution is 2.32. The Kier molecular flexibility index (Phi) is 5.70. The number of imidazole rings is 1. The second kappa shape index (κ2) is 8.79. The summed E-state index contributed by atoms with van der Waals surface area (Å²) >= 11 is 3.61. The van der Waals surface area contributed by atoms with Gasteiger partial charge in [0, 0.05) is 36.4 Å². The van der Waals surface area contributed by atoms with Crippen LogP contribution >= 0.6 is 15.9 Å². The Morgan fingerprint density at radius 1 is 1.12 bits per heavy atom. The first-order valence-corrected chi connectivity index (χ1v) is 11.6. The van der Waals surface area contributed by atoms with E-state index in [1.807, 2.05) is 11.1 Å². The molecular formula is C26H25BrN4O. The van der Waals surface area contributed by atoms with Crippen LogP contribution in [0.2, 0.25) is 0 Å². The van der Waals surface area contributed by atoms with Crippen LogP contribution < -0.4 is 4.90 Å². The highest BCUT2D eigenvalue weighted by Gasteiger charge is 2.30. The molecule has 1 amide bonds. The third-order valence-electron chi connectivity index (χ3n) is 6.19. The van der Waals surface area contributed by atoms with Crippen molar-refractivity contribution in [3.05, 3.63) is 94.5 Å². The molecular weight excluding hydrogens is 464 g/mol. The minimum Gasteiger partial charge on any atom is -0.363 e. The maximum Gasteiger partial charge on any atom is 0.220 e. The molecule has 1 aromatic heterocycles. The van der Waals surface area contributed by atoms with Gasteiger partial charge in [0.15, 0.2) is 0 Å². The Labute approximate surface area is 196 Å². The molecule has 3 aromatic carbocycles. The fourth-order valence-corrected chi connectivity index (χ4v) is 5.07. The SMILES string of the molecule is CC(=O)N1Cc2cc(Br)ccc2N(Cc2c[nH]cn2)CC1Cc1ccc2ccccc2c1. The van der Waals surface area contributed by atoms with Crippen molar-refractivity contribution >= 4 is 38.3 Å². The zero-order valence-electron chi connectivity index (χ0n) is 18.0. The number of nitrogens with zero attached hydrogens (tertiary/aromatic N) is 3. The molecule has 0 aliphatic carbocycles. The lowest BCUT2D eigenvalue weighted by molar-refractivity contribution is -0.131. The molecule has 6 heteroatoms. The van der Waals surface area contributed by atoms with Crippen LogP contribution in [0.1, 0.15) is 23.7 Å².